The molecule has 4 aliphatic rings. The molecule has 1 N–H and O–H groups in total. The quantitative estimate of drug-likeness (QED) is 0.280. The van der Waals surface area contributed by atoms with Gasteiger partial charge in [0.25, 0.3) is 0 Å². The van der Waals surface area contributed by atoms with Gasteiger partial charge in [-0.2, -0.15) is 0 Å². The van der Waals surface area contributed by atoms with E-state index in [4.69, 9.17) is 28.5 Å². The lowest BCUT2D eigenvalue weighted by atomic mass is 10.2. The molecule has 3 atom stereocenters. The van der Waals surface area contributed by atoms with E-state index >= 15 is 0 Å². The molecule has 0 aliphatic carbocycles. The second kappa shape index (κ2) is 12.1. The van der Waals surface area contributed by atoms with Crippen LogP contribution in [-0.4, -0.2) is 63.2 Å². The summed E-state index contributed by atoms with van der Waals surface area (Å²) < 4.78 is 23.7. The van der Waals surface area contributed by atoms with Crippen molar-refractivity contribution < 1.29 is 13.6 Å². The summed E-state index contributed by atoms with van der Waals surface area (Å²) in [5, 5.41) is 0.664. The molecule has 0 spiro atoms. The van der Waals surface area contributed by atoms with Crippen LogP contribution in [0.4, 0.5) is 5.82 Å². The van der Waals surface area contributed by atoms with Crippen molar-refractivity contribution in [2.24, 2.45) is 0 Å². The SMILES string of the molecule is CC(C)(C)[Si]1(Nc2ncnc3c2ncn3C2C[C@@H](O[Si]3(C(C)(C)C)CCCC3)[C@H](CO[Si]3(C(C)(C)C)CCCC3)O2)CCCC1. The van der Waals surface area contributed by atoms with Crippen molar-refractivity contribution >= 4 is 41.9 Å². The van der Waals surface area contributed by atoms with Crippen molar-refractivity contribution in [2.75, 3.05) is 11.6 Å². The third-order valence-electron chi connectivity index (χ3n) is 12.6. The van der Waals surface area contributed by atoms with E-state index < -0.39 is 24.9 Å². The molecule has 2 aromatic rings. The molecule has 6 rings (SSSR count). The minimum atomic E-state index is -1.96. The summed E-state index contributed by atoms with van der Waals surface area (Å²) in [6, 6.07) is 7.60. The van der Waals surface area contributed by atoms with Gasteiger partial charge in [-0.3, -0.25) is 4.57 Å². The average molecular weight is 672 g/mol. The number of nitrogens with one attached hydrogen (secondary N) is 1. The van der Waals surface area contributed by atoms with E-state index in [0.29, 0.717) is 6.61 Å². The monoisotopic (exact) mass is 671 g/mol. The van der Waals surface area contributed by atoms with E-state index in [1.807, 2.05) is 6.33 Å². The molecule has 8 nitrogen and oxygen atoms in total. The first-order chi connectivity index (χ1) is 21.1. The van der Waals surface area contributed by atoms with E-state index in [2.05, 4.69) is 71.9 Å². The highest BCUT2D eigenvalue weighted by Gasteiger charge is 2.54. The molecule has 11 heteroatoms. The van der Waals surface area contributed by atoms with Gasteiger partial charge in [-0.05, 0) is 51.4 Å². The Hall–Kier alpha value is -1.12. The molecule has 1 unspecified atom stereocenters. The summed E-state index contributed by atoms with van der Waals surface area (Å²) in [4.78, 5) is 18.5. The number of ether oxygens (including phenoxy) is 1. The Morgan fingerprint density at radius 3 is 1.93 bits per heavy atom. The van der Waals surface area contributed by atoms with Gasteiger partial charge in [-0.25, -0.2) is 15.0 Å². The fourth-order valence-corrected chi connectivity index (χ4v) is 23.3. The van der Waals surface area contributed by atoms with Crippen LogP contribution in [-0.2, 0) is 13.6 Å². The Morgan fingerprint density at radius 1 is 0.778 bits per heavy atom. The summed E-state index contributed by atoms with van der Waals surface area (Å²) in [6.07, 6.45) is 12.0. The molecule has 4 fully saturated rings. The normalized spacial score (nSPS) is 28.3. The summed E-state index contributed by atoms with van der Waals surface area (Å²) in [5.41, 5.74) is 1.72. The Balaban J connectivity index is 1.29. The van der Waals surface area contributed by atoms with Crippen molar-refractivity contribution in [3.8, 4) is 0 Å². The van der Waals surface area contributed by atoms with Crippen LogP contribution in [0.2, 0.25) is 51.4 Å². The highest BCUT2D eigenvalue weighted by molar-refractivity contribution is 6.86. The molecule has 45 heavy (non-hydrogen) atoms. The minimum Gasteiger partial charge on any atom is -0.414 e. The second-order valence-electron chi connectivity index (χ2n) is 17.9. The summed E-state index contributed by atoms with van der Waals surface area (Å²) in [5.74, 6) is 0.900. The molecule has 0 bridgehead atoms. The molecule has 2 aromatic heterocycles. The molecule has 0 amide bonds. The number of aromatic nitrogens is 4. The maximum Gasteiger partial charge on any atom is 0.198 e. The summed E-state index contributed by atoms with van der Waals surface area (Å²) in [6.45, 7) is 22.3. The number of hydrogen-bond acceptors (Lipinski definition) is 7. The molecule has 4 saturated heterocycles. The maximum atomic E-state index is 7.45. The van der Waals surface area contributed by atoms with Gasteiger partial charge in [0, 0.05) is 6.42 Å². The number of fused-ring (bicyclic) bond motifs is 1. The first-order valence-electron chi connectivity index (χ1n) is 18.0. The topological polar surface area (TPSA) is 83.3 Å². The van der Waals surface area contributed by atoms with Crippen molar-refractivity contribution in [3.63, 3.8) is 0 Å². The van der Waals surface area contributed by atoms with E-state index in [0.717, 1.165) is 23.4 Å². The van der Waals surface area contributed by atoms with Gasteiger partial charge >= 0.3 is 0 Å². The fraction of sp³-hybridized carbons (Fsp3) is 0.853. The maximum absolute atomic E-state index is 7.45. The largest absolute Gasteiger partial charge is 0.414 e. The van der Waals surface area contributed by atoms with Crippen molar-refractivity contribution in [1.29, 1.82) is 0 Å². The number of hydrogen-bond donors (Lipinski definition) is 1. The zero-order chi connectivity index (χ0) is 32.3. The first-order valence-corrected chi connectivity index (χ1v) is 25.1. The summed E-state index contributed by atoms with van der Waals surface area (Å²) >= 11 is 0. The molecule has 252 valence electrons. The minimum absolute atomic E-state index is 0.0263. The Labute approximate surface area is 275 Å². The number of anilines is 1. The second-order valence-corrected chi connectivity index (χ2v) is 32.4. The number of rotatable bonds is 8. The number of imidazole rings is 1. The van der Waals surface area contributed by atoms with Gasteiger partial charge in [0.05, 0.1) is 19.0 Å². The van der Waals surface area contributed by atoms with Crippen molar-refractivity contribution in [2.45, 2.75) is 177 Å². The summed E-state index contributed by atoms with van der Waals surface area (Å²) in [7, 11) is -5.62. The standard InChI is InChI=1S/C34H61N5O3Si3/c1-32(2,3)43(16-10-11-17-43)38-30-29-31(36-24-35-30)39(25-37-29)28-22-26(42-45(34(7,8)9)20-14-15-21-45)27(41-28)23-40-44(33(4,5)6)18-12-13-19-44/h24-28H,10-23H2,1-9H3,(H,35,36,38)/t26-,27+,28?/m1/s1. The number of nitrogens with zero attached hydrogens (tertiary/aromatic N) is 4. The van der Waals surface area contributed by atoms with Crippen molar-refractivity contribution in [1.82, 2.24) is 19.5 Å². The molecular weight excluding hydrogens is 611 g/mol. The van der Waals surface area contributed by atoms with E-state index in [1.165, 1.54) is 74.8 Å². The van der Waals surface area contributed by atoms with Gasteiger partial charge in [-0.1, -0.05) is 101 Å². The molecule has 6 heterocycles. The van der Waals surface area contributed by atoms with Gasteiger partial charge < -0.3 is 18.6 Å². The van der Waals surface area contributed by atoms with Crippen LogP contribution >= 0.6 is 0 Å². The van der Waals surface area contributed by atoms with Gasteiger partial charge in [0.2, 0.25) is 0 Å². The van der Waals surface area contributed by atoms with E-state index in [1.54, 1.807) is 6.33 Å². The zero-order valence-corrected chi connectivity index (χ0v) is 32.8. The smallest absolute Gasteiger partial charge is 0.198 e. The van der Waals surface area contributed by atoms with Crippen LogP contribution in [0.15, 0.2) is 12.7 Å². The van der Waals surface area contributed by atoms with Crippen LogP contribution in [0.5, 0.6) is 0 Å². The lowest BCUT2D eigenvalue weighted by Gasteiger charge is -2.43. The lowest BCUT2D eigenvalue weighted by molar-refractivity contribution is -0.0389. The van der Waals surface area contributed by atoms with Crippen LogP contribution in [0.25, 0.3) is 11.2 Å². The third kappa shape index (κ3) is 6.16. The molecule has 0 saturated carbocycles. The van der Waals surface area contributed by atoms with Gasteiger partial charge in [0.1, 0.15) is 30.0 Å². The van der Waals surface area contributed by atoms with E-state index in [-0.39, 0.29) is 33.6 Å². The van der Waals surface area contributed by atoms with Crippen LogP contribution in [0.1, 0.15) is 113 Å². The Bertz CT molecular complexity index is 1330. The van der Waals surface area contributed by atoms with Crippen LogP contribution in [0.3, 0.4) is 0 Å². The zero-order valence-electron chi connectivity index (χ0n) is 29.8. The van der Waals surface area contributed by atoms with Crippen LogP contribution < -0.4 is 4.98 Å². The van der Waals surface area contributed by atoms with Crippen LogP contribution in [0, 0.1) is 0 Å². The Morgan fingerprint density at radius 2 is 1.36 bits per heavy atom. The van der Waals surface area contributed by atoms with Gasteiger partial charge in [-0.15, -0.1) is 0 Å². The fourth-order valence-electron chi connectivity index (χ4n) is 9.15. The van der Waals surface area contributed by atoms with Crippen molar-refractivity contribution in [3.05, 3.63) is 12.7 Å². The highest BCUT2D eigenvalue weighted by atomic mass is 28.4. The molecule has 0 aromatic carbocycles. The van der Waals surface area contributed by atoms with E-state index in [9.17, 15) is 0 Å². The predicted octanol–water partition coefficient (Wildman–Crippen LogP) is 9.55. The first kappa shape index (κ1) is 33.8. The lowest BCUT2D eigenvalue weighted by Crippen LogP contribution is -2.51. The predicted molar refractivity (Wildman–Crippen MR) is 191 cm³/mol. The highest BCUT2D eigenvalue weighted by Crippen LogP contribution is 2.52. The molecule has 4 aliphatic heterocycles. The average Bonchev–Trinajstić information content (AvgIpc) is 3.77. The van der Waals surface area contributed by atoms with Gasteiger partial charge in [0.15, 0.2) is 30.5 Å². The molecule has 0 radical (unpaired) electrons. The Kier molecular flexibility index (Phi) is 9.07. The third-order valence-corrected chi connectivity index (χ3v) is 30.1. The molecular formula is C34H61N5O3Si3.